The minimum Gasteiger partial charge on any atom is -0.399 e. The summed E-state index contributed by atoms with van der Waals surface area (Å²) in [5, 5.41) is 3.96. The van der Waals surface area contributed by atoms with E-state index in [1.807, 2.05) is 12.1 Å². The molecule has 1 aliphatic heterocycles. The van der Waals surface area contributed by atoms with E-state index < -0.39 is 0 Å². The van der Waals surface area contributed by atoms with Crippen molar-refractivity contribution in [3.05, 3.63) is 35.5 Å². The first-order chi connectivity index (χ1) is 9.74. The first-order valence-electron chi connectivity index (χ1n) is 6.58. The average Bonchev–Trinajstić information content (AvgIpc) is 2.51. The highest BCUT2D eigenvalue weighted by Gasteiger charge is 2.14. The van der Waals surface area contributed by atoms with Gasteiger partial charge >= 0.3 is 0 Å². The molecule has 0 aliphatic carbocycles. The molecule has 1 aliphatic rings. The highest BCUT2D eigenvalue weighted by molar-refractivity contribution is 6.33. The Morgan fingerprint density at radius 2 is 2.00 bits per heavy atom. The normalized spacial score (nSPS) is 15.3. The summed E-state index contributed by atoms with van der Waals surface area (Å²) in [4.78, 5) is 11.1. The predicted octanol–water partition coefficient (Wildman–Crippen LogP) is 1.79. The Balaban J connectivity index is 1.96. The molecular weight excluding hydrogens is 274 g/mol. The van der Waals surface area contributed by atoms with Crippen LogP contribution in [0.15, 0.2) is 30.5 Å². The molecule has 0 atom stereocenters. The zero-order chi connectivity index (χ0) is 13.9. The monoisotopic (exact) mass is 289 g/mol. The number of nitrogens with zero attached hydrogens (tertiary/aromatic N) is 3. The number of nitrogens with one attached hydrogen (secondary N) is 1. The summed E-state index contributed by atoms with van der Waals surface area (Å²) in [6, 6.07) is 7.27. The van der Waals surface area contributed by atoms with Crippen LogP contribution < -0.4 is 16.0 Å². The van der Waals surface area contributed by atoms with Crippen molar-refractivity contribution < 1.29 is 0 Å². The van der Waals surface area contributed by atoms with Crippen LogP contribution in [0, 0.1) is 0 Å². The summed E-state index contributed by atoms with van der Waals surface area (Å²) in [5.74, 6) is 0.738. The van der Waals surface area contributed by atoms with Crippen LogP contribution in [-0.2, 0) is 0 Å². The molecule has 0 radical (unpaired) electrons. The van der Waals surface area contributed by atoms with Gasteiger partial charge in [0.15, 0.2) is 0 Å². The summed E-state index contributed by atoms with van der Waals surface area (Å²) >= 11 is 6.23. The largest absolute Gasteiger partial charge is 0.399 e. The quantitative estimate of drug-likeness (QED) is 0.825. The molecule has 2 heterocycles. The molecule has 20 heavy (non-hydrogen) atoms. The number of piperazine rings is 1. The molecule has 0 amide bonds. The summed E-state index contributed by atoms with van der Waals surface area (Å²) in [6.07, 6.45) is 1.76. The van der Waals surface area contributed by atoms with Gasteiger partial charge in [0, 0.05) is 43.6 Å². The van der Waals surface area contributed by atoms with Crippen LogP contribution in [0.2, 0.25) is 5.02 Å². The van der Waals surface area contributed by atoms with Gasteiger partial charge in [-0.25, -0.2) is 9.97 Å². The van der Waals surface area contributed by atoms with Gasteiger partial charge in [-0.05, 0) is 24.3 Å². The standard InChI is InChI=1S/C14H16ClN5/c15-12-2-1-10(16)9-11(12)13-3-4-18-14(19-13)20-7-5-17-6-8-20/h1-4,9,17H,5-8,16H2. The van der Waals surface area contributed by atoms with E-state index in [0.29, 0.717) is 10.7 Å². The Morgan fingerprint density at radius 1 is 1.20 bits per heavy atom. The summed E-state index contributed by atoms with van der Waals surface area (Å²) in [7, 11) is 0. The van der Waals surface area contributed by atoms with Crippen LogP contribution in [0.1, 0.15) is 0 Å². The van der Waals surface area contributed by atoms with Crippen LogP contribution in [0.4, 0.5) is 11.6 Å². The molecule has 1 saturated heterocycles. The van der Waals surface area contributed by atoms with E-state index >= 15 is 0 Å². The average molecular weight is 290 g/mol. The first kappa shape index (κ1) is 13.1. The van der Waals surface area contributed by atoms with Crippen molar-refractivity contribution in [2.24, 2.45) is 0 Å². The van der Waals surface area contributed by atoms with Crippen molar-refractivity contribution in [3.8, 4) is 11.3 Å². The fourth-order valence-corrected chi connectivity index (χ4v) is 2.47. The second-order valence-corrected chi connectivity index (χ2v) is 5.13. The van der Waals surface area contributed by atoms with Gasteiger partial charge in [-0.3, -0.25) is 0 Å². The molecule has 6 heteroatoms. The van der Waals surface area contributed by atoms with Gasteiger partial charge in [0.2, 0.25) is 5.95 Å². The lowest BCUT2D eigenvalue weighted by molar-refractivity contribution is 0.580. The third kappa shape index (κ3) is 2.69. The molecular formula is C14H16ClN5. The van der Waals surface area contributed by atoms with Gasteiger partial charge in [0.1, 0.15) is 0 Å². The number of aromatic nitrogens is 2. The van der Waals surface area contributed by atoms with E-state index in [1.54, 1.807) is 18.3 Å². The van der Waals surface area contributed by atoms with Crippen LogP contribution in [-0.4, -0.2) is 36.1 Å². The van der Waals surface area contributed by atoms with Gasteiger partial charge in [0.05, 0.1) is 10.7 Å². The van der Waals surface area contributed by atoms with Gasteiger partial charge in [-0.2, -0.15) is 0 Å². The summed E-state index contributed by atoms with van der Waals surface area (Å²) in [6.45, 7) is 3.72. The number of benzene rings is 1. The molecule has 3 rings (SSSR count). The first-order valence-corrected chi connectivity index (χ1v) is 6.96. The second-order valence-electron chi connectivity index (χ2n) is 4.72. The number of halogens is 1. The van der Waals surface area contributed by atoms with Crippen molar-refractivity contribution in [3.63, 3.8) is 0 Å². The van der Waals surface area contributed by atoms with Gasteiger partial charge < -0.3 is 16.0 Å². The van der Waals surface area contributed by atoms with Crippen LogP contribution in [0.25, 0.3) is 11.3 Å². The number of nitrogens with two attached hydrogens (primary N) is 1. The molecule has 3 N–H and O–H groups in total. The molecule has 0 unspecified atom stereocenters. The third-order valence-corrected chi connectivity index (χ3v) is 3.64. The number of hydrogen-bond donors (Lipinski definition) is 2. The zero-order valence-electron chi connectivity index (χ0n) is 11.0. The highest BCUT2D eigenvalue weighted by atomic mass is 35.5. The summed E-state index contributed by atoms with van der Waals surface area (Å²) < 4.78 is 0. The van der Waals surface area contributed by atoms with Crippen molar-refractivity contribution in [2.45, 2.75) is 0 Å². The lowest BCUT2D eigenvalue weighted by atomic mass is 10.1. The van der Waals surface area contributed by atoms with Gasteiger partial charge in [-0.15, -0.1) is 0 Å². The zero-order valence-corrected chi connectivity index (χ0v) is 11.8. The molecule has 0 spiro atoms. The van der Waals surface area contributed by atoms with E-state index in [1.165, 1.54) is 0 Å². The third-order valence-electron chi connectivity index (χ3n) is 3.31. The van der Waals surface area contributed by atoms with Crippen LogP contribution in [0.5, 0.6) is 0 Å². The Kier molecular flexibility index (Phi) is 3.71. The molecule has 2 aromatic rings. The smallest absolute Gasteiger partial charge is 0.225 e. The molecule has 5 nitrogen and oxygen atoms in total. The number of hydrogen-bond acceptors (Lipinski definition) is 5. The fraction of sp³-hybridized carbons (Fsp3) is 0.286. The minimum atomic E-state index is 0.643. The molecule has 104 valence electrons. The Labute approximate surface area is 122 Å². The Bertz CT molecular complexity index is 610. The maximum Gasteiger partial charge on any atom is 0.225 e. The van der Waals surface area contributed by atoms with E-state index in [2.05, 4.69) is 20.2 Å². The van der Waals surface area contributed by atoms with E-state index in [4.69, 9.17) is 17.3 Å². The maximum absolute atomic E-state index is 6.23. The van der Waals surface area contributed by atoms with Crippen LogP contribution >= 0.6 is 11.6 Å². The topological polar surface area (TPSA) is 67.1 Å². The fourth-order valence-electron chi connectivity index (χ4n) is 2.25. The molecule has 1 aromatic heterocycles. The van der Waals surface area contributed by atoms with E-state index in [-0.39, 0.29) is 0 Å². The molecule has 0 saturated carbocycles. The van der Waals surface area contributed by atoms with Crippen molar-refractivity contribution >= 4 is 23.2 Å². The van der Waals surface area contributed by atoms with Crippen molar-refractivity contribution in [2.75, 3.05) is 36.8 Å². The second kappa shape index (κ2) is 5.64. The van der Waals surface area contributed by atoms with Gasteiger partial charge in [0.25, 0.3) is 0 Å². The SMILES string of the molecule is Nc1ccc(Cl)c(-c2ccnc(N3CCNCC3)n2)c1. The van der Waals surface area contributed by atoms with Crippen LogP contribution in [0.3, 0.4) is 0 Å². The lowest BCUT2D eigenvalue weighted by Crippen LogP contribution is -2.44. The van der Waals surface area contributed by atoms with Crippen molar-refractivity contribution in [1.82, 2.24) is 15.3 Å². The van der Waals surface area contributed by atoms with Crippen molar-refractivity contribution in [1.29, 1.82) is 0 Å². The summed E-state index contributed by atoms with van der Waals surface area (Å²) in [5.41, 5.74) is 8.13. The maximum atomic E-state index is 6.23. The molecule has 1 fully saturated rings. The number of anilines is 2. The molecule has 1 aromatic carbocycles. The lowest BCUT2D eigenvalue weighted by Gasteiger charge is -2.27. The Morgan fingerprint density at radius 3 is 2.80 bits per heavy atom. The number of nitrogen functional groups attached to an aromatic ring is 1. The van der Waals surface area contributed by atoms with E-state index in [9.17, 15) is 0 Å². The minimum absolute atomic E-state index is 0.643. The van der Waals surface area contributed by atoms with Gasteiger partial charge in [-0.1, -0.05) is 11.6 Å². The predicted molar refractivity (Wildman–Crippen MR) is 82.0 cm³/mol. The Hall–Kier alpha value is -1.85. The van der Waals surface area contributed by atoms with E-state index in [0.717, 1.165) is 43.4 Å². The number of rotatable bonds is 2. The highest BCUT2D eigenvalue weighted by Crippen LogP contribution is 2.29. The molecule has 0 bridgehead atoms.